The first-order chi connectivity index (χ1) is 11.7. The molecule has 1 amide bonds. The molecule has 0 bridgehead atoms. The molecule has 0 saturated carbocycles. The van der Waals surface area contributed by atoms with Crippen LogP contribution < -0.4 is 4.90 Å². The third-order valence-electron chi connectivity index (χ3n) is 4.32. The first-order valence-electron chi connectivity index (χ1n) is 7.93. The first-order valence-corrected chi connectivity index (χ1v) is 8.72. The minimum absolute atomic E-state index is 0.0217. The predicted molar refractivity (Wildman–Crippen MR) is 92.8 cm³/mol. The molecule has 2 aliphatic rings. The van der Waals surface area contributed by atoms with E-state index in [0.717, 1.165) is 34.8 Å². The molecule has 24 heavy (non-hydrogen) atoms. The lowest BCUT2D eigenvalue weighted by molar-refractivity contribution is 0.0750. The van der Waals surface area contributed by atoms with Gasteiger partial charge in [-0.15, -0.1) is 0 Å². The van der Waals surface area contributed by atoms with Crippen LogP contribution in [0, 0.1) is 0 Å². The maximum atomic E-state index is 12.6. The smallest absolute Gasteiger partial charge is 0.254 e. The van der Waals surface area contributed by atoms with Gasteiger partial charge in [0.1, 0.15) is 0 Å². The third kappa shape index (κ3) is 3.01. The summed E-state index contributed by atoms with van der Waals surface area (Å²) in [5.41, 5.74) is 2.65. The van der Waals surface area contributed by atoms with Crippen LogP contribution in [0.2, 0.25) is 0 Å². The number of nitrogens with zero attached hydrogens (tertiary/aromatic N) is 4. The van der Waals surface area contributed by atoms with Crippen LogP contribution in [-0.4, -0.2) is 47.1 Å². The van der Waals surface area contributed by atoms with Gasteiger partial charge in [0.05, 0.1) is 25.5 Å². The number of morpholine rings is 1. The minimum Gasteiger partial charge on any atom is -0.378 e. The summed E-state index contributed by atoms with van der Waals surface area (Å²) < 4.78 is 6.33. The summed E-state index contributed by atoms with van der Waals surface area (Å²) in [6, 6.07) is 7.43. The monoisotopic (exact) mass is 388 g/mol. The summed E-state index contributed by atoms with van der Waals surface area (Å²) in [4.78, 5) is 25.7. The van der Waals surface area contributed by atoms with Gasteiger partial charge < -0.3 is 14.5 Å². The Hall–Kier alpha value is -1.99. The molecule has 1 aromatic heterocycles. The summed E-state index contributed by atoms with van der Waals surface area (Å²) in [7, 11) is 0. The van der Waals surface area contributed by atoms with Crippen LogP contribution >= 0.6 is 15.9 Å². The van der Waals surface area contributed by atoms with Gasteiger partial charge in [0.25, 0.3) is 5.91 Å². The largest absolute Gasteiger partial charge is 0.378 e. The van der Waals surface area contributed by atoms with Gasteiger partial charge in [0.2, 0.25) is 5.95 Å². The topological polar surface area (TPSA) is 58.6 Å². The van der Waals surface area contributed by atoms with Crippen LogP contribution in [0.3, 0.4) is 0 Å². The van der Waals surface area contributed by atoms with Gasteiger partial charge in [-0.05, 0) is 24.3 Å². The molecule has 0 N–H and O–H groups in total. The summed E-state index contributed by atoms with van der Waals surface area (Å²) >= 11 is 3.39. The number of carbonyl (C=O) groups is 1. The van der Waals surface area contributed by atoms with Crippen molar-refractivity contribution in [2.75, 3.05) is 31.2 Å². The summed E-state index contributed by atoms with van der Waals surface area (Å²) in [6.07, 6.45) is 1.85. The van der Waals surface area contributed by atoms with Crippen molar-refractivity contribution < 1.29 is 9.53 Å². The van der Waals surface area contributed by atoms with E-state index in [9.17, 15) is 4.79 Å². The second kappa shape index (κ2) is 6.49. The van der Waals surface area contributed by atoms with Gasteiger partial charge in [0, 0.05) is 41.4 Å². The minimum atomic E-state index is 0.0217. The quantitative estimate of drug-likeness (QED) is 0.789. The van der Waals surface area contributed by atoms with Gasteiger partial charge in [0.15, 0.2) is 0 Å². The second-order valence-electron chi connectivity index (χ2n) is 5.91. The van der Waals surface area contributed by atoms with Gasteiger partial charge in [-0.3, -0.25) is 4.79 Å². The summed E-state index contributed by atoms with van der Waals surface area (Å²) in [5, 5.41) is 0. The van der Waals surface area contributed by atoms with Crippen molar-refractivity contribution in [3.63, 3.8) is 0 Å². The highest BCUT2D eigenvalue weighted by Gasteiger charge is 2.27. The average molecular weight is 389 g/mol. The molecule has 124 valence electrons. The molecule has 0 atom stereocenters. The molecule has 0 radical (unpaired) electrons. The van der Waals surface area contributed by atoms with Crippen molar-refractivity contribution in [2.24, 2.45) is 0 Å². The molecule has 2 aromatic rings. The number of fused-ring (bicyclic) bond motifs is 1. The number of benzene rings is 1. The van der Waals surface area contributed by atoms with Crippen molar-refractivity contribution in [1.82, 2.24) is 14.9 Å². The summed E-state index contributed by atoms with van der Waals surface area (Å²) in [6.45, 7) is 4.11. The lowest BCUT2D eigenvalue weighted by Gasteiger charge is -2.26. The highest BCUT2D eigenvalue weighted by molar-refractivity contribution is 9.10. The molecule has 0 aliphatic carbocycles. The number of halogens is 1. The predicted octanol–water partition coefficient (Wildman–Crippen LogP) is 2.23. The molecule has 7 heteroatoms. The third-order valence-corrected chi connectivity index (χ3v) is 4.84. The number of rotatable bonds is 2. The standard InChI is InChI=1S/C17H17BrN4O2/c18-14-3-1-12(2-4-14)16(23)22-10-13-9-19-17(20-15(13)11-22)21-5-7-24-8-6-21/h1-4,9H,5-8,10-11H2. The second-order valence-corrected chi connectivity index (χ2v) is 6.83. The number of amides is 1. The van der Waals surface area contributed by atoms with E-state index in [0.29, 0.717) is 31.9 Å². The molecule has 6 nitrogen and oxygen atoms in total. The van der Waals surface area contributed by atoms with E-state index in [1.54, 1.807) is 0 Å². The maximum absolute atomic E-state index is 12.6. The molecule has 1 aromatic carbocycles. The Morgan fingerprint density at radius 1 is 1.12 bits per heavy atom. The van der Waals surface area contributed by atoms with Gasteiger partial charge in [-0.1, -0.05) is 15.9 Å². The van der Waals surface area contributed by atoms with Gasteiger partial charge in [-0.25, -0.2) is 9.97 Å². The van der Waals surface area contributed by atoms with Crippen molar-refractivity contribution in [2.45, 2.75) is 13.1 Å². The van der Waals surface area contributed by atoms with Gasteiger partial charge in [-0.2, -0.15) is 0 Å². The fraction of sp³-hybridized carbons (Fsp3) is 0.353. The fourth-order valence-corrected chi connectivity index (χ4v) is 3.24. The first kappa shape index (κ1) is 15.5. The van der Waals surface area contributed by atoms with Crippen molar-refractivity contribution in [3.8, 4) is 0 Å². The normalized spacial score (nSPS) is 17.0. The molecule has 0 spiro atoms. The lowest BCUT2D eigenvalue weighted by Crippen LogP contribution is -2.37. The number of ether oxygens (including phenoxy) is 1. The number of hydrogen-bond donors (Lipinski definition) is 0. The number of carbonyl (C=O) groups excluding carboxylic acids is 1. The number of hydrogen-bond acceptors (Lipinski definition) is 5. The van der Waals surface area contributed by atoms with E-state index < -0.39 is 0 Å². The SMILES string of the molecule is O=C(c1ccc(Br)cc1)N1Cc2cnc(N3CCOCC3)nc2C1. The molecule has 1 saturated heterocycles. The molecule has 4 rings (SSSR count). The van der Waals surface area contributed by atoms with Crippen molar-refractivity contribution in [1.29, 1.82) is 0 Å². The number of anilines is 1. The number of aromatic nitrogens is 2. The zero-order valence-electron chi connectivity index (χ0n) is 13.1. The Kier molecular flexibility index (Phi) is 4.20. The van der Waals surface area contributed by atoms with Crippen molar-refractivity contribution in [3.05, 3.63) is 51.8 Å². The molecule has 1 fully saturated rings. The van der Waals surface area contributed by atoms with Crippen molar-refractivity contribution >= 4 is 27.8 Å². The molecular formula is C17H17BrN4O2. The zero-order valence-corrected chi connectivity index (χ0v) is 14.7. The molecule has 0 unspecified atom stereocenters. The van der Waals surface area contributed by atoms with Crippen LogP contribution in [0.15, 0.2) is 34.9 Å². The Labute approximate surface area is 148 Å². The van der Waals surface area contributed by atoms with E-state index >= 15 is 0 Å². The van der Waals surface area contributed by atoms with Crippen LogP contribution in [0.5, 0.6) is 0 Å². The Morgan fingerprint density at radius 3 is 2.62 bits per heavy atom. The Bertz CT molecular complexity index is 760. The van der Waals surface area contributed by atoms with Crippen LogP contribution in [0.4, 0.5) is 5.95 Å². The van der Waals surface area contributed by atoms with E-state index in [-0.39, 0.29) is 5.91 Å². The molecule has 2 aliphatic heterocycles. The lowest BCUT2D eigenvalue weighted by atomic mass is 10.2. The van der Waals surface area contributed by atoms with E-state index in [1.807, 2.05) is 35.4 Å². The summed E-state index contributed by atoms with van der Waals surface area (Å²) in [5.74, 6) is 0.753. The van der Waals surface area contributed by atoms with Gasteiger partial charge >= 0.3 is 0 Å². The van der Waals surface area contributed by atoms with Crippen LogP contribution in [0.25, 0.3) is 0 Å². The highest BCUT2D eigenvalue weighted by atomic mass is 79.9. The van der Waals surface area contributed by atoms with E-state index in [2.05, 4.69) is 30.8 Å². The van der Waals surface area contributed by atoms with Crippen LogP contribution in [-0.2, 0) is 17.8 Å². The fourth-order valence-electron chi connectivity index (χ4n) is 2.98. The molecular weight excluding hydrogens is 372 g/mol. The van der Waals surface area contributed by atoms with Crippen LogP contribution in [0.1, 0.15) is 21.6 Å². The Balaban J connectivity index is 1.51. The highest BCUT2D eigenvalue weighted by Crippen LogP contribution is 2.24. The Morgan fingerprint density at radius 2 is 1.88 bits per heavy atom. The average Bonchev–Trinajstić information content (AvgIpc) is 3.06. The molecule has 3 heterocycles. The van der Waals surface area contributed by atoms with E-state index in [4.69, 9.17) is 4.74 Å². The van der Waals surface area contributed by atoms with E-state index in [1.165, 1.54) is 0 Å². The maximum Gasteiger partial charge on any atom is 0.254 e. The zero-order chi connectivity index (χ0) is 16.5.